The molecule has 1 aliphatic heterocycles. The fourth-order valence-electron chi connectivity index (χ4n) is 3.43. The molecule has 1 aromatic carbocycles. The molecule has 1 fully saturated rings. The highest BCUT2D eigenvalue weighted by Gasteiger charge is 2.22. The highest BCUT2D eigenvalue weighted by molar-refractivity contribution is 5.14. The van der Waals surface area contributed by atoms with Gasteiger partial charge in [0.05, 0.1) is 12.2 Å². The van der Waals surface area contributed by atoms with E-state index < -0.39 is 0 Å². The Morgan fingerprint density at radius 1 is 1.10 bits per heavy atom. The van der Waals surface area contributed by atoms with Crippen molar-refractivity contribution >= 4 is 0 Å². The van der Waals surface area contributed by atoms with Gasteiger partial charge in [-0.15, -0.1) is 0 Å². The van der Waals surface area contributed by atoms with Crippen molar-refractivity contribution in [3.8, 4) is 0 Å². The first-order valence-electron chi connectivity index (χ1n) is 8.55. The van der Waals surface area contributed by atoms with Gasteiger partial charge in [-0.05, 0) is 44.6 Å². The molecule has 0 aromatic heterocycles. The molecule has 3 unspecified atom stereocenters. The van der Waals surface area contributed by atoms with Crippen molar-refractivity contribution in [2.24, 2.45) is 5.92 Å². The lowest BCUT2D eigenvalue weighted by Gasteiger charge is -2.36. The molecule has 0 N–H and O–H groups in total. The number of rotatable bonds is 7. The molecule has 1 aliphatic rings. The van der Waals surface area contributed by atoms with E-state index in [-0.39, 0.29) is 0 Å². The summed E-state index contributed by atoms with van der Waals surface area (Å²) < 4.78 is 5.80. The average Bonchev–Trinajstić information content (AvgIpc) is 2.43. The van der Waals surface area contributed by atoms with E-state index in [9.17, 15) is 0 Å². The van der Waals surface area contributed by atoms with Crippen LogP contribution >= 0.6 is 0 Å². The van der Waals surface area contributed by atoms with E-state index in [1.165, 1.54) is 37.8 Å². The number of hydrogen-bond acceptors (Lipinski definition) is 2. The zero-order valence-corrected chi connectivity index (χ0v) is 13.9. The fraction of sp³-hybridized carbons (Fsp3) is 0.684. The van der Waals surface area contributed by atoms with Crippen LogP contribution in [0.15, 0.2) is 30.3 Å². The second-order valence-corrected chi connectivity index (χ2v) is 6.81. The van der Waals surface area contributed by atoms with Crippen LogP contribution in [0.2, 0.25) is 0 Å². The molecule has 0 aliphatic carbocycles. The van der Waals surface area contributed by atoms with E-state index in [1.807, 2.05) is 0 Å². The molecule has 0 radical (unpaired) electrons. The van der Waals surface area contributed by atoms with Crippen molar-refractivity contribution < 1.29 is 4.74 Å². The number of aryl methyl sites for hydroxylation is 1. The standard InChI is InChI=1S/C19H31NO/c1-16(13-20-14-17(2)21-18(3)15-20)9-7-8-12-19-10-5-4-6-11-19/h4-6,10-11,16-18H,7-9,12-15H2,1-3H3. The van der Waals surface area contributed by atoms with Gasteiger partial charge in [0, 0.05) is 19.6 Å². The van der Waals surface area contributed by atoms with E-state index in [1.54, 1.807) is 0 Å². The van der Waals surface area contributed by atoms with E-state index in [0.29, 0.717) is 12.2 Å². The summed E-state index contributed by atoms with van der Waals surface area (Å²) in [6.07, 6.45) is 5.99. The van der Waals surface area contributed by atoms with Crippen LogP contribution in [0.4, 0.5) is 0 Å². The average molecular weight is 289 g/mol. The predicted octanol–water partition coefficient (Wildman–Crippen LogP) is 4.14. The number of morpholine rings is 1. The Kier molecular flexibility index (Phi) is 6.72. The van der Waals surface area contributed by atoms with Crippen LogP contribution in [-0.4, -0.2) is 36.7 Å². The maximum Gasteiger partial charge on any atom is 0.0678 e. The number of nitrogens with zero attached hydrogens (tertiary/aromatic N) is 1. The summed E-state index contributed by atoms with van der Waals surface area (Å²) in [5, 5.41) is 0. The summed E-state index contributed by atoms with van der Waals surface area (Å²) in [6.45, 7) is 10.2. The van der Waals surface area contributed by atoms with Gasteiger partial charge in [-0.2, -0.15) is 0 Å². The van der Waals surface area contributed by atoms with Gasteiger partial charge >= 0.3 is 0 Å². The third-order valence-corrected chi connectivity index (χ3v) is 4.32. The van der Waals surface area contributed by atoms with E-state index in [4.69, 9.17) is 4.74 Å². The third-order valence-electron chi connectivity index (χ3n) is 4.32. The Morgan fingerprint density at radius 3 is 2.43 bits per heavy atom. The Hall–Kier alpha value is -0.860. The van der Waals surface area contributed by atoms with E-state index >= 15 is 0 Å². The molecule has 118 valence electrons. The molecule has 1 aromatic rings. The minimum atomic E-state index is 0.388. The summed E-state index contributed by atoms with van der Waals surface area (Å²) in [5.74, 6) is 0.790. The maximum atomic E-state index is 5.80. The van der Waals surface area contributed by atoms with Crippen LogP contribution in [-0.2, 0) is 11.2 Å². The molecule has 0 spiro atoms. The normalized spacial score (nSPS) is 24.9. The Morgan fingerprint density at radius 2 is 1.76 bits per heavy atom. The first-order chi connectivity index (χ1) is 10.1. The molecule has 0 amide bonds. The zero-order chi connectivity index (χ0) is 15.1. The van der Waals surface area contributed by atoms with Crippen molar-refractivity contribution in [3.05, 3.63) is 35.9 Å². The molecule has 2 heteroatoms. The lowest BCUT2D eigenvalue weighted by molar-refractivity contribution is -0.0711. The molecule has 0 bridgehead atoms. The van der Waals surface area contributed by atoms with Crippen molar-refractivity contribution in [2.45, 2.75) is 58.7 Å². The summed E-state index contributed by atoms with van der Waals surface area (Å²) in [7, 11) is 0. The van der Waals surface area contributed by atoms with Crippen LogP contribution in [0.3, 0.4) is 0 Å². The van der Waals surface area contributed by atoms with Crippen LogP contribution in [0.25, 0.3) is 0 Å². The number of ether oxygens (including phenoxy) is 1. The summed E-state index contributed by atoms with van der Waals surface area (Å²) >= 11 is 0. The molecular formula is C19H31NO. The van der Waals surface area contributed by atoms with Crippen LogP contribution in [0.1, 0.15) is 45.6 Å². The van der Waals surface area contributed by atoms with Gasteiger partial charge in [-0.1, -0.05) is 43.7 Å². The Bertz CT molecular complexity index is 382. The first kappa shape index (κ1) is 16.5. The summed E-state index contributed by atoms with van der Waals surface area (Å²) in [5.41, 5.74) is 1.47. The Balaban J connectivity index is 1.60. The molecule has 3 atom stereocenters. The second kappa shape index (κ2) is 8.55. The van der Waals surface area contributed by atoms with Gasteiger partial charge in [0.25, 0.3) is 0 Å². The molecule has 21 heavy (non-hydrogen) atoms. The van der Waals surface area contributed by atoms with Gasteiger partial charge in [0.15, 0.2) is 0 Å². The zero-order valence-electron chi connectivity index (χ0n) is 13.9. The van der Waals surface area contributed by atoms with Crippen molar-refractivity contribution in [1.29, 1.82) is 0 Å². The lowest BCUT2D eigenvalue weighted by Crippen LogP contribution is -2.46. The number of benzene rings is 1. The number of unbranched alkanes of at least 4 members (excludes halogenated alkanes) is 1. The van der Waals surface area contributed by atoms with Gasteiger partial charge in [0.2, 0.25) is 0 Å². The fourth-order valence-corrected chi connectivity index (χ4v) is 3.43. The van der Waals surface area contributed by atoms with Gasteiger partial charge in [0.1, 0.15) is 0 Å². The predicted molar refractivity (Wildman–Crippen MR) is 89.6 cm³/mol. The van der Waals surface area contributed by atoms with Crippen LogP contribution in [0, 0.1) is 5.92 Å². The van der Waals surface area contributed by atoms with Crippen molar-refractivity contribution in [3.63, 3.8) is 0 Å². The molecule has 2 rings (SSSR count). The highest BCUT2D eigenvalue weighted by Crippen LogP contribution is 2.16. The van der Waals surface area contributed by atoms with Gasteiger partial charge in [-0.25, -0.2) is 0 Å². The molecular weight excluding hydrogens is 258 g/mol. The Labute approximate surface area is 130 Å². The van der Waals surface area contributed by atoms with E-state index in [0.717, 1.165) is 19.0 Å². The largest absolute Gasteiger partial charge is 0.373 e. The number of hydrogen-bond donors (Lipinski definition) is 0. The van der Waals surface area contributed by atoms with Crippen LogP contribution < -0.4 is 0 Å². The van der Waals surface area contributed by atoms with Crippen molar-refractivity contribution in [1.82, 2.24) is 4.90 Å². The maximum absolute atomic E-state index is 5.80. The second-order valence-electron chi connectivity index (χ2n) is 6.81. The van der Waals surface area contributed by atoms with Crippen molar-refractivity contribution in [2.75, 3.05) is 19.6 Å². The highest BCUT2D eigenvalue weighted by atomic mass is 16.5. The minimum absolute atomic E-state index is 0.388. The summed E-state index contributed by atoms with van der Waals surface area (Å²) in [4.78, 5) is 2.58. The third kappa shape index (κ3) is 6.19. The molecule has 2 nitrogen and oxygen atoms in total. The SMILES string of the molecule is CC(CCCCc1ccccc1)CN1CC(C)OC(C)C1. The monoisotopic (exact) mass is 289 g/mol. The van der Waals surface area contributed by atoms with Gasteiger partial charge in [-0.3, -0.25) is 4.90 Å². The first-order valence-corrected chi connectivity index (χ1v) is 8.55. The van der Waals surface area contributed by atoms with E-state index in [2.05, 4.69) is 56.0 Å². The molecule has 0 saturated carbocycles. The quantitative estimate of drug-likeness (QED) is 0.699. The molecule has 1 heterocycles. The summed E-state index contributed by atoms with van der Waals surface area (Å²) in [6, 6.07) is 10.8. The molecule has 1 saturated heterocycles. The lowest BCUT2D eigenvalue weighted by atomic mass is 10.00. The van der Waals surface area contributed by atoms with Crippen LogP contribution in [0.5, 0.6) is 0 Å². The smallest absolute Gasteiger partial charge is 0.0678 e. The minimum Gasteiger partial charge on any atom is -0.373 e. The van der Waals surface area contributed by atoms with Gasteiger partial charge < -0.3 is 4.74 Å². The topological polar surface area (TPSA) is 12.5 Å².